The van der Waals surface area contributed by atoms with E-state index in [1.54, 1.807) is 53.4 Å². The lowest BCUT2D eigenvalue weighted by atomic mass is 10.0. The number of pyridine rings is 1. The molecule has 0 saturated heterocycles. The lowest BCUT2D eigenvalue weighted by Gasteiger charge is -2.03. The van der Waals surface area contributed by atoms with Gasteiger partial charge in [0.2, 0.25) is 0 Å². The minimum absolute atomic E-state index is 0. The highest BCUT2D eigenvalue weighted by Crippen LogP contribution is 2.18. The van der Waals surface area contributed by atoms with Crippen LogP contribution < -0.4 is 17.0 Å². The van der Waals surface area contributed by atoms with Gasteiger partial charge in [-0.2, -0.15) is 0 Å². The highest BCUT2D eigenvalue weighted by molar-refractivity contribution is 6.31. The Morgan fingerprint density at radius 1 is 0.917 bits per heavy atom. The van der Waals surface area contributed by atoms with Gasteiger partial charge in [-0.25, -0.2) is 8.96 Å². The van der Waals surface area contributed by atoms with Crippen molar-refractivity contribution in [2.24, 2.45) is 0 Å². The van der Waals surface area contributed by atoms with Gasteiger partial charge in [0.25, 0.3) is 0 Å². The molecule has 5 heteroatoms. The summed E-state index contributed by atoms with van der Waals surface area (Å²) in [5, 5.41) is 0.391. The Labute approximate surface area is 150 Å². The van der Waals surface area contributed by atoms with Crippen LogP contribution in [0, 0.1) is 5.82 Å². The zero-order valence-electron chi connectivity index (χ0n) is 12.6. The number of carbonyl (C=O) groups excluding carboxylic acids is 1. The Morgan fingerprint density at radius 3 is 2.17 bits per heavy atom. The number of halogens is 3. The number of benzene rings is 2. The van der Waals surface area contributed by atoms with Gasteiger partial charge in [0.05, 0.1) is 10.6 Å². The normalized spacial score (nSPS) is 10.1. The number of ketones is 1. The molecule has 0 amide bonds. The molecule has 0 aliphatic carbocycles. The number of nitrogens with zero attached hydrogens (tertiary/aromatic N) is 1. The van der Waals surface area contributed by atoms with E-state index in [0.29, 0.717) is 28.3 Å². The number of rotatable bonds is 4. The zero-order valence-corrected chi connectivity index (χ0v) is 14.1. The molecule has 0 atom stereocenters. The van der Waals surface area contributed by atoms with Crippen molar-refractivity contribution < 1.29 is 26.2 Å². The van der Waals surface area contributed by atoms with Crippen LogP contribution in [0.2, 0.25) is 5.02 Å². The van der Waals surface area contributed by atoms with Gasteiger partial charge in [-0.1, -0.05) is 48.0 Å². The van der Waals surface area contributed by atoms with E-state index < -0.39 is 0 Å². The van der Waals surface area contributed by atoms with Crippen molar-refractivity contribution in [2.75, 3.05) is 0 Å². The fourth-order valence-electron chi connectivity index (χ4n) is 2.34. The smallest absolute Gasteiger partial charge is 0.193 e. The Morgan fingerprint density at radius 2 is 1.54 bits per heavy atom. The first-order valence-electron chi connectivity index (χ1n) is 7.17. The zero-order chi connectivity index (χ0) is 16.2. The maximum absolute atomic E-state index is 13.8. The van der Waals surface area contributed by atoms with Crippen molar-refractivity contribution in [3.63, 3.8) is 0 Å². The molecule has 1 heterocycles. The molecule has 0 unspecified atom stereocenters. The van der Waals surface area contributed by atoms with Crippen molar-refractivity contribution in [3.05, 3.63) is 101 Å². The van der Waals surface area contributed by atoms with E-state index in [1.165, 1.54) is 6.07 Å². The highest BCUT2D eigenvalue weighted by atomic mass is 35.5. The van der Waals surface area contributed by atoms with Crippen LogP contribution >= 0.6 is 11.6 Å². The second kappa shape index (κ2) is 8.04. The summed E-state index contributed by atoms with van der Waals surface area (Å²) in [5.41, 5.74) is 1.66. The highest BCUT2D eigenvalue weighted by Gasteiger charge is 2.14. The maximum Gasteiger partial charge on any atom is 0.193 e. The predicted octanol–water partition coefficient (Wildman–Crippen LogP) is 1.05. The number of hydrogen-bond acceptors (Lipinski definition) is 1. The topological polar surface area (TPSA) is 20.9 Å². The van der Waals surface area contributed by atoms with Gasteiger partial charge in [-0.15, -0.1) is 0 Å². The van der Waals surface area contributed by atoms with E-state index in [4.69, 9.17) is 11.6 Å². The van der Waals surface area contributed by atoms with Gasteiger partial charge in [-0.3, -0.25) is 4.79 Å². The van der Waals surface area contributed by atoms with Gasteiger partial charge < -0.3 is 12.4 Å². The van der Waals surface area contributed by atoms with Crippen LogP contribution in [0.4, 0.5) is 4.39 Å². The van der Waals surface area contributed by atoms with Gasteiger partial charge in [-0.05, 0) is 12.1 Å². The molecule has 0 saturated carbocycles. The van der Waals surface area contributed by atoms with Crippen LogP contribution in [0.25, 0.3) is 0 Å². The van der Waals surface area contributed by atoms with Crippen LogP contribution in [-0.2, 0) is 6.54 Å². The van der Waals surface area contributed by atoms with Gasteiger partial charge >= 0.3 is 0 Å². The third-order valence-corrected chi connectivity index (χ3v) is 3.95. The van der Waals surface area contributed by atoms with Crippen LogP contribution in [0.5, 0.6) is 0 Å². The average Bonchev–Trinajstić information content (AvgIpc) is 2.59. The van der Waals surface area contributed by atoms with Crippen molar-refractivity contribution in [3.8, 4) is 0 Å². The molecule has 2 aromatic carbocycles. The second-order valence-corrected chi connectivity index (χ2v) is 5.56. The Hall–Kier alpha value is -2.23. The summed E-state index contributed by atoms with van der Waals surface area (Å²) in [4.78, 5) is 12.3. The number of hydrogen-bond donors (Lipinski definition) is 0. The summed E-state index contributed by atoms with van der Waals surface area (Å²) in [5.74, 6) is -0.379. The molecule has 0 bridgehead atoms. The molecule has 2 nitrogen and oxygen atoms in total. The fraction of sp³-hybridized carbons (Fsp3) is 0.0526. The minimum atomic E-state index is -0.338. The summed E-state index contributed by atoms with van der Waals surface area (Å²) in [6.45, 7) is 0.311. The number of carbonyl (C=O) groups is 1. The molecule has 0 radical (unpaired) electrons. The molecule has 1 aromatic heterocycles. The molecule has 3 rings (SSSR count). The van der Waals surface area contributed by atoms with Crippen LogP contribution in [0.15, 0.2) is 73.1 Å². The van der Waals surface area contributed by atoms with Crippen molar-refractivity contribution >= 4 is 17.4 Å². The molecule has 0 spiro atoms. The SMILES string of the molecule is O=C(c1ccccc1)c1cc[n+](Cc2c(F)cccc2Cl)cc1.[Cl-]. The molecule has 0 fully saturated rings. The quantitative estimate of drug-likeness (QED) is 0.502. The largest absolute Gasteiger partial charge is 1.00 e. The molecule has 0 N–H and O–H groups in total. The lowest BCUT2D eigenvalue weighted by Crippen LogP contribution is -3.00. The van der Waals surface area contributed by atoms with Gasteiger partial charge in [0, 0.05) is 23.3 Å². The first-order chi connectivity index (χ1) is 11.1. The van der Waals surface area contributed by atoms with E-state index in [0.717, 1.165) is 0 Å². The first-order valence-corrected chi connectivity index (χ1v) is 7.54. The van der Waals surface area contributed by atoms with Crippen LogP contribution in [0.1, 0.15) is 21.5 Å². The van der Waals surface area contributed by atoms with Crippen LogP contribution in [0.3, 0.4) is 0 Å². The van der Waals surface area contributed by atoms with Crippen molar-refractivity contribution in [1.29, 1.82) is 0 Å². The van der Waals surface area contributed by atoms with E-state index in [9.17, 15) is 9.18 Å². The summed E-state index contributed by atoms with van der Waals surface area (Å²) in [6.07, 6.45) is 3.50. The predicted molar refractivity (Wildman–Crippen MR) is 87.0 cm³/mol. The summed E-state index contributed by atoms with van der Waals surface area (Å²) >= 11 is 6.03. The molecule has 0 aliphatic heterocycles. The molecular formula is C19H14Cl2FNO. The fourth-order valence-corrected chi connectivity index (χ4v) is 2.56. The van der Waals surface area contributed by atoms with Crippen molar-refractivity contribution in [2.45, 2.75) is 6.54 Å². The molecule has 122 valence electrons. The van der Waals surface area contributed by atoms with E-state index in [-0.39, 0.29) is 24.0 Å². The maximum atomic E-state index is 13.8. The molecular weight excluding hydrogens is 348 g/mol. The third kappa shape index (κ3) is 3.99. The Kier molecular flexibility index (Phi) is 6.07. The monoisotopic (exact) mass is 361 g/mol. The molecule has 24 heavy (non-hydrogen) atoms. The Balaban J connectivity index is 0.00000208. The summed E-state index contributed by atoms with van der Waals surface area (Å²) < 4.78 is 15.6. The summed E-state index contributed by atoms with van der Waals surface area (Å²) in [7, 11) is 0. The average molecular weight is 362 g/mol. The first kappa shape index (κ1) is 18.1. The van der Waals surface area contributed by atoms with E-state index in [2.05, 4.69) is 0 Å². The molecule has 0 aliphatic rings. The lowest BCUT2D eigenvalue weighted by molar-refractivity contribution is -0.688. The van der Waals surface area contributed by atoms with E-state index in [1.807, 2.05) is 18.2 Å². The molecule has 3 aromatic rings. The standard InChI is InChI=1S/C19H14ClFNO.ClH/c20-17-7-4-8-18(21)16(17)13-22-11-9-15(10-12-22)19(23)14-5-2-1-3-6-14;/h1-12H,13H2;1H/q+1;/p-1. The third-order valence-electron chi connectivity index (χ3n) is 3.59. The van der Waals surface area contributed by atoms with Crippen molar-refractivity contribution in [1.82, 2.24) is 0 Å². The van der Waals surface area contributed by atoms with E-state index >= 15 is 0 Å². The second-order valence-electron chi connectivity index (χ2n) is 5.15. The summed E-state index contributed by atoms with van der Waals surface area (Å²) in [6, 6.07) is 17.2. The van der Waals surface area contributed by atoms with Gasteiger partial charge in [0.1, 0.15) is 5.82 Å². The van der Waals surface area contributed by atoms with Crippen LogP contribution in [-0.4, -0.2) is 5.78 Å². The Bertz CT molecular complexity index is 815. The number of aromatic nitrogens is 1. The minimum Gasteiger partial charge on any atom is -1.00 e. The van der Waals surface area contributed by atoms with Gasteiger partial charge in [0.15, 0.2) is 24.7 Å².